The first-order valence-electron chi connectivity index (χ1n) is 7.61. The summed E-state index contributed by atoms with van der Waals surface area (Å²) < 4.78 is 0. The second-order valence-corrected chi connectivity index (χ2v) is 5.12. The Hall–Kier alpha value is -0.0800. The quantitative estimate of drug-likeness (QED) is 0.571. The third kappa shape index (κ3) is 31.3. The van der Waals surface area contributed by atoms with Crippen LogP contribution in [0.15, 0.2) is 0 Å². The highest BCUT2D eigenvalue weighted by molar-refractivity contribution is 4.45. The highest BCUT2D eigenvalue weighted by Crippen LogP contribution is 2.08. The van der Waals surface area contributed by atoms with Crippen LogP contribution in [0.25, 0.3) is 0 Å². The molecule has 17 heavy (non-hydrogen) atoms. The summed E-state index contributed by atoms with van der Waals surface area (Å²) in [7, 11) is 2.16. The van der Waals surface area contributed by atoms with Crippen molar-refractivity contribution >= 4 is 0 Å². The molecule has 3 N–H and O–H groups in total. The number of hydrogen-bond acceptors (Lipinski definition) is 1. The molecule has 0 aromatic rings. The Kier molecular flexibility index (Phi) is 20.7. The van der Waals surface area contributed by atoms with Crippen molar-refractivity contribution < 1.29 is 10.4 Å². The number of quaternary nitrogens is 1. The van der Waals surface area contributed by atoms with Gasteiger partial charge in [-0.2, -0.15) is 0 Å². The molecule has 0 saturated carbocycles. The van der Waals surface area contributed by atoms with Gasteiger partial charge in [-0.1, -0.05) is 51.9 Å². The van der Waals surface area contributed by atoms with Crippen LogP contribution < -0.4 is 5.32 Å². The molecule has 0 aromatic carbocycles. The third-order valence-electron chi connectivity index (χ3n) is 2.60. The minimum absolute atomic E-state index is 0.167. The van der Waals surface area contributed by atoms with E-state index < -0.39 is 0 Å². The van der Waals surface area contributed by atoms with Crippen molar-refractivity contribution in [2.75, 3.05) is 13.6 Å². The van der Waals surface area contributed by atoms with E-state index >= 15 is 0 Å². The molecule has 0 amide bonds. The highest BCUT2D eigenvalue weighted by Gasteiger charge is 1.91. The fourth-order valence-corrected chi connectivity index (χ4v) is 1.66. The van der Waals surface area contributed by atoms with Crippen LogP contribution in [0.5, 0.6) is 0 Å². The maximum Gasteiger partial charge on any atom is 0.0753 e. The zero-order valence-electron chi connectivity index (χ0n) is 12.7. The summed E-state index contributed by atoms with van der Waals surface area (Å²) in [5.41, 5.74) is 0. The van der Waals surface area contributed by atoms with E-state index in [1.807, 2.05) is 0 Å². The predicted octanol–water partition coefficient (Wildman–Crippen LogP) is 3.10. The average Bonchev–Trinajstić information content (AvgIpc) is 2.26. The summed E-state index contributed by atoms with van der Waals surface area (Å²) in [6.07, 6.45) is 12.8. The molecular formula is C15H36NO+. The lowest BCUT2D eigenvalue weighted by atomic mass is 10.1. The maximum atomic E-state index is 8.06. The summed E-state index contributed by atoms with van der Waals surface area (Å²) in [5.74, 6) is 0. The molecule has 0 aliphatic carbocycles. The van der Waals surface area contributed by atoms with Crippen molar-refractivity contribution in [2.45, 2.75) is 84.7 Å². The lowest BCUT2D eigenvalue weighted by Crippen LogP contribution is -2.79. The van der Waals surface area contributed by atoms with Crippen LogP contribution in [0.3, 0.4) is 0 Å². The summed E-state index contributed by atoms with van der Waals surface area (Å²) >= 11 is 0. The molecule has 0 bridgehead atoms. The fraction of sp³-hybridized carbons (Fsp3) is 1.00. The van der Waals surface area contributed by atoms with Crippen LogP contribution in [0.4, 0.5) is 0 Å². The predicted molar refractivity (Wildman–Crippen MR) is 77.3 cm³/mol. The number of aliphatic hydroxyl groups excluding tert-OH is 1. The number of unbranched alkanes of at least 4 members (excludes halogenated alkanes) is 8. The fourth-order valence-electron chi connectivity index (χ4n) is 1.66. The van der Waals surface area contributed by atoms with Crippen molar-refractivity contribution in [1.29, 1.82) is 0 Å². The van der Waals surface area contributed by atoms with E-state index in [-0.39, 0.29) is 6.10 Å². The van der Waals surface area contributed by atoms with Gasteiger partial charge in [0.15, 0.2) is 0 Å². The van der Waals surface area contributed by atoms with Crippen molar-refractivity contribution in [3.05, 3.63) is 0 Å². The first-order chi connectivity index (χ1) is 8.15. The zero-order chi connectivity index (χ0) is 13.4. The van der Waals surface area contributed by atoms with Crippen molar-refractivity contribution in [2.24, 2.45) is 0 Å². The van der Waals surface area contributed by atoms with Crippen LogP contribution in [-0.2, 0) is 0 Å². The van der Waals surface area contributed by atoms with Crippen molar-refractivity contribution in [3.63, 3.8) is 0 Å². The Morgan fingerprint density at radius 1 is 0.824 bits per heavy atom. The third-order valence-corrected chi connectivity index (χ3v) is 2.60. The van der Waals surface area contributed by atoms with Crippen LogP contribution in [0, 0.1) is 0 Å². The van der Waals surface area contributed by atoms with Gasteiger partial charge in [0, 0.05) is 6.10 Å². The van der Waals surface area contributed by atoms with Gasteiger partial charge in [0.05, 0.1) is 13.6 Å². The van der Waals surface area contributed by atoms with Gasteiger partial charge in [0.2, 0.25) is 0 Å². The van der Waals surface area contributed by atoms with Crippen molar-refractivity contribution in [3.8, 4) is 0 Å². The molecule has 0 spiro atoms. The van der Waals surface area contributed by atoms with E-state index in [0.29, 0.717) is 0 Å². The number of nitrogens with two attached hydrogens (primary N) is 1. The second-order valence-electron chi connectivity index (χ2n) is 5.12. The van der Waals surface area contributed by atoms with Crippen LogP contribution in [0.2, 0.25) is 0 Å². The van der Waals surface area contributed by atoms with Gasteiger partial charge in [-0.25, -0.2) is 0 Å². The molecule has 0 aliphatic heterocycles. The van der Waals surface area contributed by atoms with Crippen LogP contribution in [0.1, 0.15) is 78.6 Å². The van der Waals surface area contributed by atoms with E-state index in [1.54, 1.807) is 13.8 Å². The molecule has 0 aliphatic rings. The molecule has 2 nitrogen and oxygen atoms in total. The lowest BCUT2D eigenvalue weighted by Gasteiger charge is -2.00. The molecule has 0 saturated heterocycles. The highest BCUT2D eigenvalue weighted by atomic mass is 16.3. The standard InChI is InChI=1S/C12H27N.C3H8O/c1-3-4-5-6-7-8-9-10-11-12-13-2;1-3(2)4/h13H,3-12H2,1-2H3;3-4H,1-2H3/p+1. The molecule has 0 heterocycles. The van der Waals surface area contributed by atoms with Crippen molar-refractivity contribution in [1.82, 2.24) is 0 Å². The van der Waals surface area contributed by atoms with E-state index in [9.17, 15) is 0 Å². The Labute approximate surface area is 109 Å². The van der Waals surface area contributed by atoms with Crippen LogP contribution in [-0.4, -0.2) is 24.8 Å². The summed E-state index contributed by atoms with van der Waals surface area (Å²) in [5, 5.41) is 10.3. The van der Waals surface area contributed by atoms with Gasteiger partial charge >= 0.3 is 0 Å². The molecular weight excluding hydrogens is 210 g/mol. The van der Waals surface area contributed by atoms with E-state index in [0.717, 1.165) is 0 Å². The number of aliphatic hydroxyl groups is 1. The second kappa shape index (κ2) is 18.3. The maximum absolute atomic E-state index is 8.06. The summed E-state index contributed by atoms with van der Waals surface area (Å²) in [6, 6.07) is 0. The Bertz CT molecular complexity index is 103. The molecule has 0 fully saturated rings. The molecule has 0 atom stereocenters. The van der Waals surface area contributed by atoms with Crippen LogP contribution >= 0.6 is 0 Å². The minimum atomic E-state index is -0.167. The zero-order valence-corrected chi connectivity index (χ0v) is 12.7. The van der Waals surface area contributed by atoms with E-state index in [1.165, 1.54) is 64.3 Å². The smallest absolute Gasteiger partial charge is 0.0753 e. The van der Waals surface area contributed by atoms with Gasteiger partial charge in [-0.3, -0.25) is 0 Å². The summed E-state index contributed by atoms with van der Waals surface area (Å²) in [4.78, 5) is 0. The minimum Gasteiger partial charge on any atom is -0.394 e. The van der Waals surface area contributed by atoms with Gasteiger partial charge in [-0.15, -0.1) is 0 Å². The normalized spacial score (nSPS) is 10.2. The SMILES string of the molecule is CC(C)O.CCCCCCCCCCC[NH2+]C. The first kappa shape index (κ1) is 19.3. The van der Waals surface area contributed by atoms with E-state index in [4.69, 9.17) is 5.11 Å². The largest absolute Gasteiger partial charge is 0.394 e. The number of hydrogen-bond donors (Lipinski definition) is 2. The molecule has 0 radical (unpaired) electrons. The Balaban J connectivity index is 0. The monoisotopic (exact) mass is 246 g/mol. The van der Waals surface area contributed by atoms with Gasteiger partial charge in [0.25, 0.3) is 0 Å². The molecule has 0 aromatic heterocycles. The van der Waals surface area contributed by atoms with Gasteiger partial charge in [-0.05, 0) is 26.7 Å². The van der Waals surface area contributed by atoms with Gasteiger partial charge in [0.1, 0.15) is 0 Å². The lowest BCUT2D eigenvalue weighted by molar-refractivity contribution is -0.627. The molecule has 106 valence electrons. The summed E-state index contributed by atoms with van der Waals surface area (Å²) in [6.45, 7) is 7.04. The van der Waals surface area contributed by atoms with E-state index in [2.05, 4.69) is 19.3 Å². The topological polar surface area (TPSA) is 36.8 Å². The molecule has 0 unspecified atom stereocenters. The Morgan fingerprint density at radius 2 is 1.18 bits per heavy atom. The molecule has 0 rings (SSSR count). The first-order valence-corrected chi connectivity index (χ1v) is 7.61. The molecule has 2 heteroatoms. The average molecular weight is 246 g/mol. The van der Waals surface area contributed by atoms with Gasteiger partial charge < -0.3 is 10.4 Å². The Morgan fingerprint density at radius 3 is 1.53 bits per heavy atom. The number of rotatable bonds is 10.